The van der Waals surface area contributed by atoms with Gasteiger partial charge >= 0.3 is 0 Å². The van der Waals surface area contributed by atoms with E-state index in [1.165, 1.54) is 0 Å². The molecule has 7 heteroatoms. The molecule has 2 heterocycles. The van der Waals surface area contributed by atoms with Crippen LogP contribution in [0.25, 0.3) is 11.2 Å². The summed E-state index contributed by atoms with van der Waals surface area (Å²) in [6.07, 6.45) is 7.41. The zero-order chi connectivity index (χ0) is 20.4. The number of hydrogen-bond donors (Lipinski definition) is 3. The first-order chi connectivity index (χ1) is 13.8. The molecule has 0 atom stereocenters. The summed E-state index contributed by atoms with van der Waals surface area (Å²) in [5.41, 5.74) is 0.0884. The number of hydrogen-bond acceptors (Lipinski definition) is 5. The molecule has 3 fully saturated rings. The maximum Gasteiger partial charge on any atom is 0.229 e. The largest absolute Gasteiger partial charge is 0.389 e. The van der Waals surface area contributed by atoms with Crippen LogP contribution in [-0.4, -0.2) is 36.3 Å². The van der Waals surface area contributed by atoms with Crippen LogP contribution in [0, 0.1) is 11.8 Å². The Morgan fingerprint density at radius 3 is 2.28 bits per heavy atom. The highest BCUT2D eigenvalue weighted by atomic mass is 16.3. The number of carbonyl (C=O) groups excluding carboxylic acids is 1. The minimum atomic E-state index is -1.04. The van der Waals surface area contributed by atoms with E-state index in [2.05, 4.69) is 15.3 Å². The first-order valence-electron chi connectivity index (χ1n) is 10.9. The molecule has 0 saturated heterocycles. The Labute approximate surface area is 170 Å². The molecule has 3 N–H and O–H groups in total. The zero-order valence-corrected chi connectivity index (χ0v) is 17.2. The summed E-state index contributed by atoms with van der Waals surface area (Å²) >= 11 is 0. The number of imidazole rings is 1. The third-order valence-electron chi connectivity index (χ3n) is 6.87. The van der Waals surface area contributed by atoms with E-state index >= 15 is 0 Å². The fourth-order valence-electron chi connectivity index (χ4n) is 4.61. The predicted molar refractivity (Wildman–Crippen MR) is 109 cm³/mol. The summed E-state index contributed by atoms with van der Waals surface area (Å²) in [7, 11) is 0. The number of carbonyl (C=O) groups is 1. The van der Waals surface area contributed by atoms with Gasteiger partial charge in [-0.15, -0.1) is 0 Å². The van der Waals surface area contributed by atoms with Gasteiger partial charge in [-0.25, -0.2) is 9.97 Å². The molecule has 2 aromatic rings. The van der Waals surface area contributed by atoms with E-state index in [1.54, 1.807) is 19.9 Å². The van der Waals surface area contributed by atoms with Crippen molar-refractivity contribution in [3.05, 3.63) is 17.8 Å². The van der Waals surface area contributed by atoms with Crippen molar-refractivity contribution >= 4 is 23.0 Å². The minimum Gasteiger partial charge on any atom is -0.389 e. The molecule has 7 nitrogen and oxygen atoms in total. The first kappa shape index (κ1) is 19.0. The fourth-order valence-corrected chi connectivity index (χ4v) is 4.61. The lowest BCUT2D eigenvalue weighted by molar-refractivity contribution is -0.123. The summed E-state index contributed by atoms with van der Waals surface area (Å²) in [6.45, 7) is 3.43. The molecule has 0 bridgehead atoms. The molecule has 29 heavy (non-hydrogen) atoms. The van der Waals surface area contributed by atoms with Crippen LogP contribution in [0.15, 0.2) is 12.1 Å². The van der Waals surface area contributed by atoms with Crippen molar-refractivity contribution < 1.29 is 15.0 Å². The summed E-state index contributed by atoms with van der Waals surface area (Å²) in [5.74, 6) is 0.860. The number of anilines is 1. The molecule has 3 saturated carbocycles. The van der Waals surface area contributed by atoms with Gasteiger partial charge in [-0.05, 0) is 82.8 Å². The molecule has 0 aromatic carbocycles. The number of pyridine rings is 1. The van der Waals surface area contributed by atoms with Crippen LogP contribution in [-0.2, 0) is 10.4 Å². The second-order valence-electron chi connectivity index (χ2n) is 9.75. The van der Waals surface area contributed by atoms with Crippen molar-refractivity contribution in [1.29, 1.82) is 0 Å². The van der Waals surface area contributed by atoms with E-state index in [1.807, 2.05) is 10.6 Å². The Morgan fingerprint density at radius 2 is 1.76 bits per heavy atom. The van der Waals surface area contributed by atoms with Gasteiger partial charge in [0.25, 0.3) is 0 Å². The maximum absolute atomic E-state index is 12.9. The Bertz CT molecular complexity index is 937. The van der Waals surface area contributed by atoms with E-state index in [9.17, 15) is 15.0 Å². The van der Waals surface area contributed by atoms with Gasteiger partial charge in [-0.2, -0.15) is 0 Å². The number of nitrogens with one attached hydrogen (secondary N) is 1. The number of rotatable bonds is 7. The molecular weight excluding hydrogens is 368 g/mol. The molecule has 0 aliphatic heterocycles. The highest BCUT2D eigenvalue weighted by molar-refractivity contribution is 5.92. The number of amides is 1. The van der Waals surface area contributed by atoms with E-state index in [0.717, 1.165) is 44.9 Å². The molecule has 3 aliphatic rings. The van der Waals surface area contributed by atoms with Crippen LogP contribution in [0.4, 0.5) is 5.95 Å². The van der Waals surface area contributed by atoms with Crippen molar-refractivity contribution in [2.75, 3.05) is 5.32 Å². The molecular formula is C22H30N4O3. The summed E-state index contributed by atoms with van der Waals surface area (Å²) in [5, 5.41) is 24.4. The molecule has 5 rings (SSSR count). The van der Waals surface area contributed by atoms with Gasteiger partial charge < -0.3 is 10.2 Å². The summed E-state index contributed by atoms with van der Waals surface area (Å²) < 4.78 is 2.01. The molecule has 3 aliphatic carbocycles. The number of nitrogens with zero attached hydrogens (tertiary/aromatic N) is 3. The average molecular weight is 399 g/mol. The smallest absolute Gasteiger partial charge is 0.229 e. The van der Waals surface area contributed by atoms with Crippen molar-refractivity contribution in [2.24, 2.45) is 11.8 Å². The number of aromatic nitrogens is 3. The second kappa shape index (κ2) is 6.51. The van der Waals surface area contributed by atoms with Crippen LogP contribution in [0.5, 0.6) is 0 Å². The van der Waals surface area contributed by atoms with Crippen molar-refractivity contribution in [3.8, 4) is 0 Å². The fraction of sp³-hybridized carbons (Fsp3) is 0.682. The van der Waals surface area contributed by atoms with Gasteiger partial charge in [0.05, 0.1) is 17.7 Å². The normalized spacial score (nSPS) is 20.7. The Balaban J connectivity index is 1.45. The van der Waals surface area contributed by atoms with Gasteiger partial charge in [-0.1, -0.05) is 0 Å². The lowest BCUT2D eigenvalue weighted by atomic mass is 9.88. The summed E-state index contributed by atoms with van der Waals surface area (Å²) in [4.78, 5) is 22.2. The predicted octanol–water partition coefficient (Wildman–Crippen LogP) is 3.26. The van der Waals surface area contributed by atoms with Crippen LogP contribution >= 0.6 is 0 Å². The van der Waals surface area contributed by atoms with Gasteiger partial charge in [-0.3, -0.25) is 14.7 Å². The van der Waals surface area contributed by atoms with Gasteiger partial charge in [0.2, 0.25) is 11.9 Å². The quantitative estimate of drug-likeness (QED) is 0.665. The standard InChI is InChI=1S/C22H30N4O3/c1-21(2,28)17-11-10-16-19(24-17)26(15-4-3-5-15)20(23-16)25-18(27)12-22(29,13-6-7-13)14-8-9-14/h10-11,13-15,28-29H,3-9,12H2,1-2H3,(H,23,25,27). The Morgan fingerprint density at radius 1 is 1.10 bits per heavy atom. The van der Waals surface area contributed by atoms with Crippen molar-refractivity contribution in [3.63, 3.8) is 0 Å². The third-order valence-corrected chi connectivity index (χ3v) is 6.87. The van der Waals surface area contributed by atoms with Gasteiger partial charge in [0.1, 0.15) is 11.1 Å². The molecule has 0 radical (unpaired) electrons. The van der Waals surface area contributed by atoms with E-state index in [4.69, 9.17) is 0 Å². The Kier molecular flexibility index (Phi) is 4.26. The zero-order valence-electron chi connectivity index (χ0n) is 17.2. The average Bonchev–Trinajstić information content (AvgIpc) is 3.50. The van der Waals surface area contributed by atoms with Crippen molar-refractivity contribution in [2.45, 2.75) is 82.5 Å². The number of fused-ring (bicyclic) bond motifs is 1. The third kappa shape index (κ3) is 3.44. The lowest BCUT2D eigenvalue weighted by Crippen LogP contribution is -2.39. The lowest BCUT2D eigenvalue weighted by Gasteiger charge is -2.30. The van der Waals surface area contributed by atoms with Crippen LogP contribution in [0.2, 0.25) is 0 Å². The molecule has 0 unspecified atom stereocenters. The highest BCUT2D eigenvalue weighted by Crippen LogP contribution is 2.53. The highest BCUT2D eigenvalue weighted by Gasteiger charge is 2.54. The maximum atomic E-state index is 12.9. The minimum absolute atomic E-state index is 0.137. The molecule has 0 spiro atoms. The topological polar surface area (TPSA) is 100 Å². The van der Waals surface area contributed by atoms with Crippen LogP contribution in [0.3, 0.4) is 0 Å². The van der Waals surface area contributed by atoms with E-state index < -0.39 is 11.2 Å². The number of aliphatic hydroxyl groups is 2. The molecule has 2 aromatic heterocycles. The van der Waals surface area contributed by atoms with Gasteiger partial charge in [0, 0.05) is 6.04 Å². The Hall–Kier alpha value is -1.99. The first-order valence-corrected chi connectivity index (χ1v) is 10.9. The monoisotopic (exact) mass is 398 g/mol. The van der Waals surface area contributed by atoms with E-state index in [-0.39, 0.29) is 30.2 Å². The molecule has 156 valence electrons. The van der Waals surface area contributed by atoms with Crippen LogP contribution in [0.1, 0.15) is 76.9 Å². The van der Waals surface area contributed by atoms with Crippen molar-refractivity contribution in [1.82, 2.24) is 14.5 Å². The SMILES string of the molecule is CC(C)(O)c1ccc2nc(NC(=O)CC(O)(C3CC3)C3CC3)n(C3CCC3)c2n1. The van der Waals surface area contributed by atoms with E-state index in [0.29, 0.717) is 22.8 Å². The molecule has 1 amide bonds. The summed E-state index contributed by atoms with van der Waals surface area (Å²) in [6, 6.07) is 3.89. The van der Waals surface area contributed by atoms with Crippen LogP contribution < -0.4 is 5.32 Å². The van der Waals surface area contributed by atoms with Gasteiger partial charge in [0.15, 0.2) is 5.65 Å². The second-order valence-corrected chi connectivity index (χ2v) is 9.75.